The number of hydrogen-bond donors (Lipinski definition) is 1. The van der Waals surface area contributed by atoms with E-state index >= 15 is 0 Å². The number of benzene rings is 1. The lowest BCUT2D eigenvalue weighted by Gasteiger charge is -2.10. The van der Waals surface area contributed by atoms with Crippen LogP contribution in [0.1, 0.15) is 5.69 Å². The molecule has 1 N–H and O–H groups in total. The summed E-state index contributed by atoms with van der Waals surface area (Å²) in [5.41, 5.74) is 1.40. The van der Waals surface area contributed by atoms with Gasteiger partial charge in [0.25, 0.3) is 0 Å². The van der Waals surface area contributed by atoms with Crippen molar-refractivity contribution in [1.82, 2.24) is 9.97 Å². The molecule has 0 radical (unpaired) electrons. The smallest absolute Gasteiger partial charge is 0.406 e. The lowest BCUT2D eigenvalue weighted by atomic mass is 10.2. The molecule has 2 rings (SSSR count). The largest absolute Gasteiger partial charge is 0.573 e. The van der Waals surface area contributed by atoms with Crippen LogP contribution in [0.3, 0.4) is 0 Å². The number of nitrogens with one attached hydrogen (secondary N) is 1. The Bertz CT molecular complexity index is 644. The van der Waals surface area contributed by atoms with Gasteiger partial charge in [0.15, 0.2) is 5.82 Å². The van der Waals surface area contributed by atoms with Crippen LogP contribution in [-0.4, -0.2) is 23.4 Å². The maximum absolute atomic E-state index is 12.1. The van der Waals surface area contributed by atoms with Gasteiger partial charge in [-0.3, -0.25) is 0 Å². The van der Waals surface area contributed by atoms with Gasteiger partial charge in [0.2, 0.25) is 0 Å². The van der Waals surface area contributed by atoms with E-state index in [-0.39, 0.29) is 5.75 Å². The van der Waals surface area contributed by atoms with Crippen LogP contribution in [0.25, 0.3) is 11.4 Å². The number of aromatic nitrogens is 2. The van der Waals surface area contributed by atoms with Crippen LogP contribution in [0.5, 0.6) is 5.75 Å². The summed E-state index contributed by atoms with van der Waals surface area (Å²) in [6.45, 7) is 1.84. The van der Waals surface area contributed by atoms with Gasteiger partial charge in [-0.25, -0.2) is 9.97 Å². The summed E-state index contributed by atoms with van der Waals surface area (Å²) in [5, 5.41) is 2.96. The molecule has 0 atom stereocenters. The van der Waals surface area contributed by atoms with Gasteiger partial charge in [0, 0.05) is 12.6 Å². The molecule has 0 saturated carbocycles. The van der Waals surface area contributed by atoms with E-state index < -0.39 is 6.36 Å². The Hall–Kier alpha value is -1.58. The molecule has 0 aliphatic rings. The topological polar surface area (TPSA) is 47.0 Å². The molecule has 0 aliphatic heterocycles. The summed E-state index contributed by atoms with van der Waals surface area (Å²) >= 11 is 2.13. The monoisotopic (exact) mass is 409 g/mol. The summed E-state index contributed by atoms with van der Waals surface area (Å²) in [5.74, 6) is 0.840. The maximum Gasteiger partial charge on any atom is 0.573 e. The van der Waals surface area contributed by atoms with E-state index in [4.69, 9.17) is 0 Å². The predicted molar refractivity (Wildman–Crippen MR) is 81.2 cm³/mol. The molecule has 0 aliphatic carbocycles. The molecule has 0 saturated heterocycles. The second-order valence-corrected chi connectivity index (χ2v) is 5.20. The minimum Gasteiger partial charge on any atom is -0.406 e. The van der Waals surface area contributed by atoms with E-state index in [1.165, 1.54) is 24.3 Å². The van der Waals surface area contributed by atoms with E-state index in [0.29, 0.717) is 17.2 Å². The van der Waals surface area contributed by atoms with Crippen LogP contribution in [0.2, 0.25) is 0 Å². The lowest BCUT2D eigenvalue weighted by Crippen LogP contribution is -2.16. The first-order chi connectivity index (χ1) is 9.80. The zero-order valence-electron chi connectivity index (χ0n) is 11.1. The quantitative estimate of drug-likeness (QED) is 0.779. The van der Waals surface area contributed by atoms with Gasteiger partial charge < -0.3 is 10.1 Å². The molecule has 4 nitrogen and oxygen atoms in total. The van der Waals surface area contributed by atoms with Crippen molar-refractivity contribution < 1.29 is 17.9 Å². The molecule has 0 amide bonds. The second-order valence-electron chi connectivity index (χ2n) is 4.12. The van der Waals surface area contributed by atoms with Crippen LogP contribution in [-0.2, 0) is 0 Å². The molecule has 0 fully saturated rings. The normalized spacial score (nSPS) is 11.3. The lowest BCUT2D eigenvalue weighted by molar-refractivity contribution is -0.274. The Morgan fingerprint density at radius 2 is 1.76 bits per heavy atom. The summed E-state index contributed by atoms with van der Waals surface area (Å²) in [7, 11) is 1.74. The summed E-state index contributed by atoms with van der Waals surface area (Å²) in [6.07, 6.45) is -4.70. The number of anilines is 1. The van der Waals surface area contributed by atoms with Crippen molar-refractivity contribution in [3.63, 3.8) is 0 Å². The highest BCUT2D eigenvalue weighted by molar-refractivity contribution is 14.1. The summed E-state index contributed by atoms with van der Waals surface area (Å²) in [6, 6.07) is 5.45. The van der Waals surface area contributed by atoms with E-state index in [0.717, 1.165) is 9.26 Å². The fraction of sp³-hybridized carbons (Fsp3) is 0.231. The Labute approximate surface area is 132 Å². The Kier molecular flexibility index (Phi) is 4.55. The first kappa shape index (κ1) is 15.8. The van der Waals surface area contributed by atoms with Gasteiger partial charge in [0.1, 0.15) is 11.6 Å². The van der Waals surface area contributed by atoms with Crippen LogP contribution in [0, 0.1) is 10.5 Å². The number of halogens is 4. The SMILES string of the molecule is CNc1nc(-c2ccc(OC(F)(F)F)cc2)nc(C)c1I. The van der Waals surface area contributed by atoms with Gasteiger partial charge in [-0.2, -0.15) is 0 Å². The number of alkyl halides is 3. The van der Waals surface area contributed by atoms with E-state index in [1.807, 2.05) is 6.92 Å². The predicted octanol–water partition coefficient (Wildman–Crippen LogP) is 4.00. The Morgan fingerprint density at radius 1 is 1.14 bits per heavy atom. The first-order valence-corrected chi connectivity index (χ1v) is 6.96. The number of nitrogens with zero attached hydrogens (tertiary/aromatic N) is 2. The van der Waals surface area contributed by atoms with Crippen molar-refractivity contribution in [3.05, 3.63) is 33.5 Å². The van der Waals surface area contributed by atoms with Gasteiger partial charge in [-0.15, -0.1) is 13.2 Å². The molecule has 1 heterocycles. The van der Waals surface area contributed by atoms with Gasteiger partial charge in [0.05, 0.1) is 9.26 Å². The van der Waals surface area contributed by atoms with E-state index in [2.05, 4.69) is 42.6 Å². The third-order valence-corrected chi connectivity index (χ3v) is 3.89. The molecule has 2 aromatic rings. The third kappa shape index (κ3) is 3.96. The first-order valence-electron chi connectivity index (χ1n) is 5.88. The number of rotatable bonds is 3. The van der Waals surface area contributed by atoms with Crippen molar-refractivity contribution in [3.8, 4) is 17.1 Å². The van der Waals surface area contributed by atoms with Crippen LogP contribution in [0.4, 0.5) is 19.0 Å². The zero-order valence-corrected chi connectivity index (χ0v) is 13.3. The molecular weight excluding hydrogens is 398 g/mol. The van der Waals surface area contributed by atoms with E-state index in [1.54, 1.807) is 7.05 Å². The molecule has 21 heavy (non-hydrogen) atoms. The van der Waals surface area contributed by atoms with Crippen molar-refractivity contribution in [2.24, 2.45) is 0 Å². The van der Waals surface area contributed by atoms with Gasteiger partial charge >= 0.3 is 6.36 Å². The van der Waals surface area contributed by atoms with Crippen molar-refractivity contribution >= 4 is 28.4 Å². The van der Waals surface area contributed by atoms with Crippen molar-refractivity contribution in [2.75, 3.05) is 12.4 Å². The van der Waals surface area contributed by atoms with Crippen molar-refractivity contribution in [2.45, 2.75) is 13.3 Å². The molecule has 1 aromatic heterocycles. The average Bonchev–Trinajstić information content (AvgIpc) is 2.41. The molecule has 1 aromatic carbocycles. The highest BCUT2D eigenvalue weighted by Gasteiger charge is 2.31. The highest BCUT2D eigenvalue weighted by Crippen LogP contribution is 2.27. The molecule has 0 spiro atoms. The second kappa shape index (κ2) is 6.04. The van der Waals surface area contributed by atoms with Gasteiger partial charge in [-0.05, 0) is 53.8 Å². The average molecular weight is 409 g/mol. The van der Waals surface area contributed by atoms with Crippen molar-refractivity contribution in [1.29, 1.82) is 0 Å². The fourth-order valence-corrected chi connectivity index (χ4v) is 2.17. The number of hydrogen-bond acceptors (Lipinski definition) is 4. The standard InChI is InChI=1S/C13H11F3IN3O/c1-7-10(17)12(18-2)20-11(19-7)8-3-5-9(6-4-8)21-13(14,15)16/h3-6H,1-2H3,(H,18,19,20). The number of ether oxygens (including phenoxy) is 1. The maximum atomic E-state index is 12.1. The molecule has 0 bridgehead atoms. The zero-order chi connectivity index (χ0) is 15.6. The Balaban J connectivity index is 2.33. The van der Waals surface area contributed by atoms with Crippen LogP contribution >= 0.6 is 22.6 Å². The van der Waals surface area contributed by atoms with Crippen LogP contribution < -0.4 is 10.1 Å². The van der Waals surface area contributed by atoms with Crippen LogP contribution in [0.15, 0.2) is 24.3 Å². The Morgan fingerprint density at radius 3 is 2.29 bits per heavy atom. The fourth-order valence-electron chi connectivity index (χ4n) is 1.66. The van der Waals surface area contributed by atoms with E-state index in [9.17, 15) is 13.2 Å². The molecule has 112 valence electrons. The van der Waals surface area contributed by atoms with Gasteiger partial charge in [-0.1, -0.05) is 0 Å². The highest BCUT2D eigenvalue weighted by atomic mass is 127. The minimum absolute atomic E-state index is 0.276. The summed E-state index contributed by atoms with van der Waals surface area (Å²) < 4.78 is 41.0. The molecular formula is C13H11F3IN3O. The third-order valence-electron chi connectivity index (χ3n) is 2.60. The number of aryl methyl sites for hydroxylation is 1. The minimum atomic E-state index is -4.70. The summed E-state index contributed by atoms with van der Waals surface area (Å²) in [4.78, 5) is 8.67. The molecule has 0 unspecified atom stereocenters. The molecule has 8 heteroatoms.